The predicted octanol–water partition coefficient (Wildman–Crippen LogP) is 2.50. The van der Waals surface area contributed by atoms with E-state index in [0.29, 0.717) is 12.3 Å². The van der Waals surface area contributed by atoms with Crippen molar-refractivity contribution in [1.29, 1.82) is 0 Å². The van der Waals surface area contributed by atoms with Crippen molar-refractivity contribution < 1.29 is 9.53 Å². The lowest BCUT2D eigenvalue weighted by atomic mass is 9.89. The van der Waals surface area contributed by atoms with E-state index in [1.165, 1.54) is 12.8 Å². The lowest BCUT2D eigenvalue weighted by molar-refractivity contribution is -0.152. The molecule has 3 heteroatoms. The summed E-state index contributed by atoms with van der Waals surface area (Å²) in [5.41, 5.74) is 0. The molecule has 1 saturated carbocycles. The van der Waals surface area contributed by atoms with Crippen LogP contribution in [0.5, 0.6) is 0 Å². The SMILES string of the molecule is CC1CCC(OC(=O)CC2CCNCC2)CC1. The molecule has 0 bridgehead atoms. The van der Waals surface area contributed by atoms with E-state index in [4.69, 9.17) is 4.74 Å². The Morgan fingerprint density at radius 1 is 1.12 bits per heavy atom. The summed E-state index contributed by atoms with van der Waals surface area (Å²) in [4.78, 5) is 11.8. The number of carbonyl (C=O) groups excluding carboxylic acids is 1. The Balaban J connectivity index is 1.66. The monoisotopic (exact) mass is 239 g/mol. The molecule has 1 saturated heterocycles. The molecule has 98 valence electrons. The number of carbonyl (C=O) groups is 1. The number of ether oxygens (including phenoxy) is 1. The summed E-state index contributed by atoms with van der Waals surface area (Å²) in [7, 11) is 0. The quantitative estimate of drug-likeness (QED) is 0.769. The van der Waals surface area contributed by atoms with Crippen molar-refractivity contribution in [2.24, 2.45) is 11.8 Å². The van der Waals surface area contributed by atoms with Crippen LogP contribution in [0.2, 0.25) is 0 Å². The molecule has 0 spiro atoms. The molecular formula is C14H25NO2. The highest BCUT2D eigenvalue weighted by Gasteiger charge is 2.23. The zero-order chi connectivity index (χ0) is 12.1. The van der Waals surface area contributed by atoms with Crippen molar-refractivity contribution in [2.75, 3.05) is 13.1 Å². The predicted molar refractivity (Wildman–Crippen MR) is 67.7 cm³/mol. The van der Waals surface area contributed by atoms with Gasteiger partial charge < -0.3 is 10.1 Å². The van der Waals surface area contributed by atoms with Crippen LogP contribution in [-0.2, 0) is 9.53 Å². The van der Waals surface area contributed by atoms with Gasteiger partial charge in [-0.25, -0.2) is 0 Å². The van der Waals surface area contributed by atoms with E-state index < -0.39 is 0 Å². The molecule has 0 radical (unpaired) electrons. The van der Waals surface area contributed by atoms with Gasteiger partial charge in [0.15, 0.2) is 0 Å². The van der Waals surface area contributed by atoms with Crippen LogP contribution >= 0.6 is 0 Å². The average Bonchev–Trinajstić information content (AvgIpc) is 2.33. The fourth-order valence-corrected chi connectivity index (χ4v) is 2.90. The van der Waals surface area contributed by atoms with Crippen LogP contribution in [0.15, 0.2) is 0 Å². The van der Waals surface area contributed by atoms with Gasteiger partial charge in [0.1, 0.15) is 6.10 Å². The van der Waals surface area contributed by atoms with Crippen molar-refractivity contribution in [3.63, 3.8) is 0 Å². The lowest BCUT2D eigenvalue weighted by Gasteiger charge is -2.27. The van der Waals surface area contributed by atoms with E-state index in [-0.39, 0.29) is 12.1 Å². The number of rotatable bonds is 3. The summed E-state index contributed by atoms with van der Waals surface area (Å²) >= 11 is 0. The Kier molecular flexibility index (Phi) is 4.84. The Hall–Kier alpha value is -0.570. The van der Waals surface area contributed by atoms with E-state index in [9.17, 15) is 4.79 Å². The third-order valence-corrected chi connectivity index (χ3v) is 4.18. The van der Waals surface area contributed by atoms with Crippen molar-refractivity contribution >= 4 is 5.97 Å². The van der Waals surface area contributed by atoms with E-state index in [1.807, 2.05) is 0 Å². The highest BCUT2D eigenvalue weighted by molar-refractivity contribution is 5.69. The molecular weight excluding hydrogens is 214 g/mol. The van der Waals surface area contributed by atoms with Crippen LogP contribution in [0.1, 0.15) is 51.9 Å². The van der Waals surface area contributed by atoms with E-state index in [2.05, 4.69) is 12.2 Å². The first-order valence-corrected chi connectivity index (χ1v) is 7.14. The van der Waals surface area contributed by atoms with E-state index >= 15 is 0 Å². The smallest absolute Gasteiger partial charge is 0.306 e. The Labute approximate surface area is 104 Å². The van der Waals surface area contributed by atoms with Crippen LogP contribution in [0.4, 0.5) is 0 Å². The molecule has 3 nitrogen and oxygen atoms in total. The molecule has 0 atom stereocenters. The molecule has 2 rings (SSSR count). The molecule has 1 aliphatic heterocycles. The summed E-state index contributed by atoms with van der Waals surface area (Å²) in [5, 5.41) is 3.32. The molecule has 1 aliphatic carbocycles. The zero-order valence-corrected chi connectivity index (χ0v) is 10.9. The van der Waals surface area contributed by atoms with Crippen LogP contribution < -0.4 is 5.32 Å². The Morgan fingerprint density at radius 2 is 1.76 bits per heavy atom. The number of esters is 1. The van der Waals surface area contributed by atoms with Crippen molar-refractivity contribution in [1.82, 2.24) is 5.32 Å². The van der Waals surface area contributed by atoms with Gasteiger partial charge in [0.25, 0.3) is 0 Å². The number of nitrogens with one attached hydrogen (secondary N) is 1. The second kappa shape index (κ2) is 6.39. The number of piperidine rings is 1. The third kappa shape index (κ3) is 4.30. The minimum Gasteiger partial charge on any atom is -0.462 e. The van der Waals surface area contributed by atoms with Gasteiger partial charge in [0, 0.05) is 6.42 Å². The summed E-state index contributed by atoms with van der Waals surface area (Å²) in [6.07, 6.45) is 7.65. The summed E-state index contributed by atoms with van der Waals surface area (Å²) < 4.78 is 5.58. The van der Waals surface area contributed by atoms with Crippen LogP contribution in [0, 0.1) is 11.8 Å². The fourth-order valence-electron chi connectivity index (χ4n) is 2.90. The zero-order valence-electron chi connectivity index (χ0n) is 10.9. The van der Waals surface area contributed by atoms with Crippen molar-refractivity contribution in [3.8, 4) is 0 Å². The molecule has 1 N–H and O–H groups in total. The third-order valence-electron chi connectivity index (χ3n) is 4.18. The van der Waals surface area contributed by atoms with Gasteiger partial charge in [0.05, 0.1) is 0 Å². The van der Waals surface area contributed by atoms with Crippen molar-refractivity contribution in [2.45, 2.75) is 58.0 Å². The first-order valence-electron chi connectivity index (χ1n) is 7.14. The number of hydrogen-bond acceptors (Lipinski definition) is 3. The first-order chi connectivity index (χ1) is 8.24. The molecule has 1 heterocycles. The first kappa shape index (κ1) is 12.9. The number of hydrogen-bond donors (Lipinski definition) is 1. The second-order valence-corrected chi connectivity index (χ2v) is 5.77. The normalized spacial score (nSPS) is 31.1. The molecule has 0 amide bonds. The molecule has 2 fully saturated rings. The van der Waals surface area contributed by atoms with Gasteiger partial charge in [-0.15, -0.1) is 0 Å². The summed E-state index contributed by atoms with van der Waals surface area (Å²) in [6.45, 7) is 4.39. The largest absolute Gasteiger partial charge is 0.462 e. The summed E-state index contributed by atoms with van der Waals surface area (Å²) in [6, 6.07) is 0. The standard InChI is InChI=1S/C14H25NO2/c1-11-2-4-13(5-3-11)17-14(16)10-12-6-8-15-9-7-12/h11-13,15H,2-10H2,1H3. The van der Waals surface area contributed by atoms with Gasteiger partial charge in [0.2, 0.25) is 0 Å². The van der Waals surface area contributed by atoms with Gasteiger partial charge in [-0.05, 0) is 63.5 Å². The summed E-state index contributed by atoms with van der Waals surface area (Å²) in [5.74, 6) is 1.40. The Morgan fingerprint density at radius 3 is 2.41 bits per heavy atom. The maximum absolute atomic E-state index is 11.8. The van der Waals surface area contributed by atoms with Crippen LogP contribution in [0.25, 0.3) is 0 Å². The fraction of sp³-hybridized carbons (Fsp3) is 0.929. The Bertz CT molecular complexity index is 241. The van der Waals surface area contributed by atoms with E-state index in [0.717, 1.165) is 44.7 Å². The molecule has 0 aromatic heterocycles. The van der Waals surface area contributed by atoms with Gasteiger partial charge in [-0.3, -0.25) is 4.79 Å². The van der Waals surface area contributed by atoms with Crippen molar-refractivity contribution in [3.05, 3.63) is 0 Å². The maximum Gasteiger partial charge on any atom is 0.306 e. The lowest BCUT2D eigenvalue weighted by Crippen LogP contribution is -2.30. The topological polar surface area (TPSA) is 38.3 Å². The molecule has 2 aliphatic rings. The minimum atomic E-state index is 0.0384. The second-order valence-electron chi connectivity index (χ2n) is 5.77. The minimum absolute atomic E-state index is 0.0384. The molecule has 0 unspecified atom stereocenters. The van der Waals surface area contributed by atoms with Crippen LogP contribution in [0.3, 0.4) is 0 Å². The molecule has 17 heavy (non-hydrogen) atoms. The van der Waals surface area contributed by atoms with Gasteiger partial charge in [-0.2, -0.15) is 0 Å². The van der Waals surface area contributed by atoms with E-state index in [1.54, 1.807) is 0 Å². The van der Waals surface area contributed by atoms with Gasteiger partial charge >= 0.3 is 5.97 Å². The average molecular weight is 239 g/mol. The highest BCUT2D eigenvalue weighted by Crippen LogP contribution is 2.26. The van der Waals surface area contributed by atoms with Gasteiger partial charge in [-0.1, -0.05) is 6.92 Å². The molecule has 0 aromatic carbocycles. The molecule has 0 aromatic rings. The van der Waals surface area contributed by atoms with Crippen LogP contribution in [-0.4, -0.2) is 25.2 Å². The maximum atomic E-state index is 11.8. The highest BCUT2D eigenvalue weighted by atomic mass is 16.5.